The summed E-state index contributed by atoms with van der Waals surface area (Å²) in [6.45, 7) is 0.475. The Morgan fingerprint density at radius 2 is 1.90 bits per heavy atom. The maximum absolute atomic E-state index is 10.9. The fourth-order valence-corrected chi connectivity index (χ4v) is 1.52. The van der Waals surface area contributed by atoms with Crippen LogP contribution < -0.4 is 0 Å². The van der Waals surface area contributed by atoms with Crippen LogP contribution in [0.1, 0.15) is 11.3 Å². The van der Waals surface area contributed by atoms with Gasteiger partial charge in [0.15, 0.2) is 0 Å². The first kappa shape index (κ1) is 13.5. The standard InChI is InChI=1S/C13H11N3O4/c17-11(7-12(18)13(19)20)10-3-6-16(15-10)8-9-1-4-14-5-2-9/h1-7,17H,8H2,(H,19,20). The molecule has 2 heterocycles. The molecule has 0 saturated heterocycles. The van der Waals surface area contributed by atoms with Gasteiger partial charge < -0.3 is 10.2 Å². The number of rotatable bonds is 5. The summed E-state index contributed by atoms with van der Waals surface area (Å²) in [5.74, 6) is -3.31. The minimum atomic E-state index is -1.63. The third-order valence-corrected chi connectivity index (χ3v) is 2.48. The molecule has 0 fully saturated rings. The van der Waals surface area contributed by atoms with Gasteiger partial charge in [0, 0.05) is 24.7 Å². The lowest BCUT2D eigenvalue weighted by Gasteiger charge is -2.00. The van der Waals surface area contributed by atoms with Crippen LogP contribution in [0.2, 0.25) is 0 Å². The molecule has 0 unspecified atom stereocenters. The topological polar surface area (TPSA) is 105 Å². The Balaban J connectivity index is 2.13. The number of aromatic nitrogens is 3. The van der Waals surface area contributed by atoms with Gasteiger partial charge in [-0.3, -0.25) is 14.5 Å². The van der Waals surface area contributed by atoms with Crippen LogP contribution in [0.15, 0.2) is 42.9 Å². The third-order valence-electron chi connectivity index (χ3n) is 2.48. The number of carboxylic acids is 1. The van der Waals surface area contributed by atoms with Crippen molar-refractivity contribution in [3.8, 4) is 0 Å². The highest BCUT2D eigenvalue weighted by atomic mass is 16.4. The van der Waals surface area contributed by atoms with Crippen molar-refractivity contribution in [2.24, 2.45) is 0 Å². The molecule has 0 radical (unpaired) electrons. The van der Waals surface area contributed by atoms with E-state index in [4.69, 9.17) is 5.11 Å². The number of aliphatic hydroxyl groups excluding tert-OH is 1. The number of hydrogen-bond acceptors (Lipinski definition) is 5. The van der Waals surface area contributed by atoms with Crippen LogP contribution >= 0.6 is 0 Å². The predicted octanol–water partition coefficient (Wildman–Crippen LogP) is 0.879. The van der Waals surface area contributed by atoms with Gasteiger partial charge >= 0.3 is 5.97 Å². The molecule has 0 aliphatic heterocycles. The van der Waals surface area contributed by atoms with Gasteiger partial charge in [0.1, 0.15) is 11.5 Å². The summed E-state index contributed by atoms with van der Waals surface area (Å²) in [5.41, 5.74) is 1.10. The van der Waals surface area contributed by atoms with Crippen LogP contribution in [0, 0.1) is 0 Å². The second-order valence-electron chi connectivity index (χ2n) is 3.95. The number of hydrogen-bond donors (Lipinski definition) is 2. The molecule has 0 aliphatic rings. The molecule has 2 N–H and O–H groups in total. The molecule has 2 rings (SSSR count). The van der Waals surface area contributed by atoms with E-state index in [0.29, 0.717) is 12.6 Å². The van der Waals surface area contributed by atoms with Crippen LogP contribution in [0.3, 0.4) is 0 Å². The fraction of sp³-hybridized carbons (Fsp3) is 0.0769. The molecule has 7 heteroatoms. The number of aliphatic hydroxyl groups is 1. The van der Waals surface area contributed by atoms with Crippen molar-refractivity contribution < 1.29 is 19.8 Å². The molecule has 7 nitrogen and oxygen atoms in total. The van der Waals surface area contributed by atoms with Gasteiger partial charge in [0.2, 0.25) is 0 Å². The van der Waals surface area contributed by atoms with E-state index < -0.39 is 17.5 Å². The Labute approximate surface area is 113 Å². The van der Waals surface area contributed by atoms with Gasteiger partial charge in [0.25, 0.3) is 5.78 Å². The molecule has 0 saturated carbocycles. The summed E-state index contributed by atoms with van der Waals surface area (Å²) in [5, 5.41) is 22.1. The van der Waals surface area contributed by atoms with Gasteiger partial charge in [-0.15, -0.1) is 0 Å². The highest BCUT2D eigenvalue weighted by molar-refractivity contribution is 6.38. The van der Waals surface area contributed by atoms with E-state index in [0.717, 1.165) is 5.56 Å². The van der Waals surface area contributed by atoms with Gasteiger partial charge in [-0.25, -0.2) is 4.79 Å². The molecule has 0 amide bonds. The monoisotopic (exact) mass is 273 g/mol. The summed E-state index contributed by atoms with van der Waals surface area (Å²) in [6, 6.07) is 5.14. The van der Waals surface area contributed by atoms with Gasteiger partial charge in [0.05, 0.1) is 6.54 Å². The van der Waals surface area contributed by atoms with Crippen molar-refractivity contribution in [1.82, 2.24) is 14.8 Å². The van der Waals surface area contributed by atoms with E-state index in [1.165, 1.54) is 6.07 Å². The average molecular weight is 273 g/mol. The van der Waals surface area contributed by atoms with E-state index in [9.17, 15) is 14.7 Å². The van der Waals surface area contributed by atoms with E-state index in [-0.39, 0.29) is 5.69 Å². The molecule has 2 aromatic heterocycles. The van der Waals surface area contributed by atoms with Crippen LogP contribution in [0.5, 0.6) is 0 Å². The summed E-state index contributed by atoms with van der Waals surface area (Å²) < 4.78 is 1.56. The Kier molecular flexibility index (Phi) is 3.90. The number of nitrogens with zero attached hydrogens (tertiary/aromatic N) is 3. The Morgan fingerprint density at radius 3 is 2.55 bits per heavy atom. The molecule has 0 bridgehead atoms. The first-order valence-corrected chi connectivity index (χ1v) is 5.67. The number of carbonyl (C=O) groups excluding carboxylic acids is 1. The van der Waals surface area contributed by atoms with E-state index in [2.05, 4.69) is 10.1 Å². The second-order valence-corrected chi connectivity index (χ2v) is 3.95. The predicted molar refractivity (Wildman–Crippen MR) is 68.8 cm³/mol. The smallest absolute Gasteiger partial charge is 0.376 e. The van der Waals surface area contributed by atoms with Gasteiger partial charge in [-0.1, -0.05) is 0 Å². The zero-order valence-corrected chi connectivity index (χ0v) is 10.3. The molecule has 20 heavy (non-hydrogen) atoms. The SMILES string of the molecule is O=C(O)C(=O)C=C(O)c1ccn(Cc2ccncc2)n1. The molecular weight excluding hydrogens is 262 g/mol. The molecule has 0 aromatic carbocycles. The number of ketones is 1. The highest BCUT2D eigenvalue weighted by Crippen LogP contribution is 2.09. The normalized spacial score (nSPS) is 11.3. The van der Waals surface area contributed by atoms with E-state index >= 15 is 0 Å². The Hall–Kier alpha value is -2.96. The zero-order chi connectivity index (χ0) is 14.5. The summed E-state index contributed by atoms with van der Waals surface area (Å²) >= 11 is 0. The number of carboxylic acid groups (broad SMARTS) is 1. The number of pyridine rings is 1. The van der Waals surface area contributed by atoms with Crippen molar-refractivity contribution >= 4 is 17.5 Å². The second kappa shape index (κ2) is 5.79. The lowest BCUT2D eigenvalue weighted by molar-refractivity contribution is -0.146. The molecule has 102 valence electrons. The fourth-order valence-electron chi connectivity index (χ4n) is 1.52. The summed E-state index contributed by atoms with van der Waals surface area (Å²) in [6.07, 6.45) is 5.55. The molecular formula is C13H11N3O4. The van der Waals surface area contributed by atoms with Crippen LogP contribution in [-0.4, -0.2) is 36.7 Å². The van der Waals surface area contributed by atoms with Crippen molar-refractivity contribution in [3.05, 3.63) is 54.1 Å². The van der Waals surface area contributed by atoms with E-state index in [1.54, 1.807) is 23.3 Å². The van der Waals surface area contributed by atoms with Crippen molar-refractivity contribution in [1.29, 1.82) is 0 Å². The first-order valence-electron chi connectivity index (χ1n) is 5.67. The van der Waals surface area contributed by atoms with Crippen molar-refractivity contribution in [2.75, 3.05) is 0 Å². The Morgan fingerprint density at radius 1 is 1.20 bits per heavy atom. The zero-order valence-electron chi connectivity index (χ0n) is 10.3. The minimum absolute atomic E-state index is 0.133. The average Bonchev–Trinajstić information content (AvgIpc) is 2.88. The number of carbonyl (C=O) groups is 2. The van der Waals surface area contributed by atoms with Crippen LogP contribution in [0.25, 0.3) is 5.76 Å². The first-order chi connectivity index (χ1) is 9.56. The third kappa shape index (κ3) is 3.29. The van der Waals surface area contributed by atoms with E-state index in [1.807, 2.05) is 12.1 Å². The lowest BCUT2D eigenvalue weighted by atomic mass is 10.3. The Bertz CT molecular complexity index is 661. The number of aliphatic carboxylic acids is 1. The molecule has 0 aliphatic carbocycles. The minimum Gasteiger partial charge on any atom is -0.505 e. The van der Waals surface area contributed by atoms with Crippen molar-refractivity contribution in [2.45, 2.75) is 6.54 Å². The van der Waals surface area contributed by atoms with Gasteiger partial charge in [-0.05, 0) is 23.8 Å². The van der Waals surface area contributed by atoms with Crippen molar-refractivity contribution in [3.63, 3.8) is 0 Å². The molecule has 0 spiro atoms. The summed E-state index contributed by atoms with van der Waals surface area (Å²) in [7, 11) is 0. The van der Waals surface area contributed by atoms with Crippen LogP contribution in [0.4, 0.5) is 0 Å². The largest absolute Gasteiger partial charge is 0.505 e. The van der Waals surface area contributed by atoms with Gasteiger partial charge in [-0.2, -0.15) is 5.10 Å². The molecule has 0 atom stereocenters. The maximum Gasteiger partial charge on any atom is 0.376 e. The van der Waals surface area contributed by atoms with Crippen LogP contribution in [-0.2, 0) is 16.1 Å². The maximum atomic E-state index is 10.9. The summed E-state index contributed by atoms with van der Waals surface area (Å²) in [4.78, 5) is 25.2. The lowest BCUT2D eigenvalue weighted by Crippen LogP contribution is -2.09. The highest BCUT2D eigenvalue weighted by Gasteiger charge is 2.12. The molecule has 2 aromatic rings. The quantitative estimate of drug-likeness (QED) is 0.476.